The molecule has 0 unspecified atom stereocenters. The number of aliphatic hydroxyl groups is 4. The first kappa shape index (κ1) is 24.6. The van der Waals surface area contributed by atoms with Crippen LogP contribution in [0.1, 0.15) is 66.7 Å². The Balaban J connectivity index is 1.79. The Hall–Kier alpha value is -1.54. The highest BCUT2D eigenvalue weighted by Gasteiger charge is 2.86. The number of fused-ring (bicyclic) bond motifs is 5. The summed E-state index contributed by atoms with van der Waals surface area (Å²) in [6.45, 7) is 8.84. The Kier molecular flexibility index (Phi) is 5.76. The lowest BCUT2D eigenvalue weighted by Gasteiger charge is -2.52. The van der Waals surface area contributed by atoms with E-state index in [1.807, 2.05) is 13.8 Å². The highest BCUT2D eigenvalue weighted by molar-refractivity contribution is 6.04. The van der Waals surface area contributed by atoms with Gasteiger partial charge in [-0.05, 0) is 24.5 Å². The highest BCUT2D eigenvalue weighted by atomic mass is 16.6. The number of hydrogen-bond donors (Lipinski definition) is 4. The van der Waals surface area contributed by atoms with Crippen LogP contribution in [0, 0.1) is 29.1 Å². The minimum absolute atomic E-state index is 0.0839. The topological polar surface area (TPSA) is 124 Å². The normalized spacial score (nSPS) is 45.2. The Morgan fingerprint density at radius 3 is 2.48 bits per heavy atom. The summed E-state index contributed by atoms with van der Waals surface area (Å²) in [4.78, 5) is 25.7. The SMILES string of the molecule is CCCCCC(=O)O[C@@]12[C@H](O)[C@@H](C)[C@@]3(O)[C@@H](C=C(CO)C[C@]4(O)C(=O)C(C)=C[C@@H]34)[C@@H]1C2(C)C. The van der Waals surface area contributed by atoms with E-state index in [1.54, 1.807) is 26.0 Å². The van der Waals surface area contributed by atoms with Gasteiger partial charge in [0.2, 0.25) is 0 Å². The van der Waals surface area contributed by atoms with E-state index in [1.165, 1.54) is 0 Å². The van der Waals surface area contributed by atoms with Crippen LogP contribution >= 0.6 is 0 Å². The predicted octanol–water partition coefficient (Wildman–Crippen LogP) is 2.06. The second kappa shape index (κ2) is 7.74. The molecule has 33 heavy (non-hydrogen) atoms. The molecular formula is C26H38O7. The van der Waals surface area contributed by atoms with Crippen LogP contribution in [-0.4, -0.2) is 61.7 Å². The van der Waals surface area contributed by atoms with Gasteiger partial charge in [0.1, 0.15) is 11.2 Å². The Morgan fingerprint density at radius 2 is 1.88 bits per heavy atom. The first-order valence-corrected chi connectivity index (χ1v) is 12.2. The first-order valence-electron chi connectivity index (χ1n) is 12.2. The zero-order chi connectivity index (χ0) is 24.6. The van der Waals surface area contributed by atoms with Crippen molar-refractivity contribution < 1.29 is 34.8 Å². The number of carbonyl (C=O) groups is 2. The molecule has 8 atom stereocenters. The summed E-state index contributed by atoms with van der Waals surface area (Å²) < 4.78 is 6.04. The summed E-state index contributed by atoms with van der Waals surface area (Å²) in [5.74, 6) is -3.61. The summed E-state index contributed by atoms with van der Waals surface area (Å²) in [5.41, 5.74) is -4.52. The van der Waals surface area contributed by atoms with Crippen molar-refractivity contribution in [3.63, 3.8) is 0 Å². The van der Waals surface area contributed by atoms with Gasteiger partial charge in [-0.2, -0.15) is 0 Å². The molecule has 0 amide bonds. The van der Waals surface area contributed by atoms with Crippen molar-refractivity contribution in [3.05, 3.63) is 23.3 Å². The van der Waals surface area contributed by atoms with Gasteiger partial charge < -0.3 is 25.2 Å². The van der Waals surface area contributed by atoms with E-state index < -0.39 is 57.8 Å². The van der Waals surface area contributed by atoms with Crippen molar-refractivity contribution >= 4 is 11.8 Å². The average molecular weight is 463 g/mol. The van der Waals surface area contributed by atoms with Gasteiger partial charge in [-0.3, -0.25) is 9.59 Å². The third-order valence-electron chi connectivity index (χ3n) is 9.26. The second-order valence-electron chi connectivity index (χ2n) is 11.3. The molecule has 2 fully saturated rings. The Morgan fingerprint density at radius 1 is 1.21 bits per heavy atom. The number of aliphatic hydroxyl groups excluding tert-OH is 2. The van der Waals surface area contributed by atoms with Crippen LogP contribution in [0.3, 0.4) is 0 Å². The van der Waals surface area contributed by atoms with Gasteiger partial charge >= 0.3 is 5.97 Å². The Bertz CT molecular complexity index is 920. The number of carbonyl (C=O) groups excluding carboxylic acids is 2. The van der Waals surface area contributed by atoms with E-state index in [0.717, 1.165) is 12.8 Å². The van der Waals surface area contributed by atoms with Gasteiger partial charge in [0, 0.05) is 41.9 Å². The fraction of sp³-hybridized carbons (Fsp3) is 0.769. The van der Waals surface area contributed by atoms with E-state index >= 15 is 0 Å². The molecule has 0 saturated heterocycles. The number of ether oxygens (including phenoxy) is 1. The third-order valence-corrected chi connectivity index (χ3v) is 9.26. The Labute approximate surface area is 195 Å². The largest absolute Gasteiger partial charge is 0.455 e. The molecule has 0 aromatic heterocycles. The lowest BCUT2D eigenvalue weighted by molar-refractivity contribution is -0.219. The maximum atomic E-state index is 13.0. The number of ketones is 1. The minimum atomic E-state index is -1.88. The molecule has 4 aliphatic rings. The molecule has 0 spiro atoms. The molecule has 184 valence electrons. The molecule has 0 radical (unpaired) electrons. The molecule has 4 rings (SSSR count). The summed E-state index contributed by atoms with van der Waals surface area (Å²) >= 11 is 0. The molecule has 4 aliphatic carbocycles. The van der Waals surface area contributed by atoms with E-state index in [4.69, 9.17) is 4.74 Å². The molecule has 7 nitrogen and oxygen atoms in total. The zero-order valence-corrected chi connectivity index (χ0v) is 20.3. The van der Waals surface area contributed by atoms with Crippen molar-refractivity contribution in [1.29, 1.82) is 0 Å². The lowest BCUT2D eigenvalue weighted by Crippen LogP contribution is -2.65. The van der Waals surface area contributed by atoms with E-state index in [-0.39, 0.29) is 25.4 Å². The van der Waals surface area contributed by atoms with Crippen LogP contribution < -0.4 is 0 Å². The molecule has 0 bridgehead atoms. The predicted molar refractivity (Wildman–Crippen MR) is 121 cm³/mol. The lowest BCUT2D eigenvalue weighted by atomic mass is 9.59. The van der Waals surface area contributed by atoms with Crippen molar-refractivity contribution in [2.24, 2.45) is 29.1 Å². The van der Waals surface area contributed by atoms with Crippen LogP contribution in [0.4, 0.5) is 0 Å². The number of unbranched alkanes of at least 4 members (excludes halogenated alkanes) is 2. The van der Waals surface area contributed by atoms with Crippen molar-refractivity contribution in [2.45, 2.75) is 89.6 Å². The summed E-state index contributed by atoms with van der Waals surface area (Å²) in [6.07, 6.45) is 4.99. The van der Waals surface area contributed by atoms with Crippen molar-refractivity contribution in [2.75, 3.05) is 6.61 Å². The van der Waals surface area contributed by atoms with Gasteiger partial charge in [0.25, 0.3) is 0 Å². The van der Waals surface area contributed by atoms with Gasteiger partial charge in [-0.1, -0.05) is 52.7 Å². The van der Waals surface area contributed by atoms with E-state index in [2.05, 4.69) is 6.92 Å². The van der Waals surface area contributed by atoms with Crippen LogP contribution in [0.15, 0.2) is 23.3 Å². The number of Topliss-reactive ketones (excluding diaryl/α,β-unsaturated/α-hetero) is 1. The second-order valence-corrected chi connectivity index (χ2v) is 11.3. The highest BCUT2D eigenvalue weighted by Crippen LogP contribution is 2.76. The first-order chi connectivity index (χ1) is 15.3. The number of hydrogen-bond acceptors (Lipinski definition) is 7. The van der Waals surface area contributed by atoms with Gasteiger partial charge in [0.05, 0.1) is 18.3 Å². The summed E-state index contributed by atoms with van der Waals surface area (Å²) in [5, 5.41) is 45.4. The standard InChI is InChI=1S/C26H38O7/c1-6-7-8-9-19(28)33-26-20(23(26,4)5)17-11-16(13-27)12-24(31)18(10-14(2)21(24)29)25(17,32)15(3)22(26)30/h10-11,15,17-18,20,22,27,30-32H,6-9,12-13H2,1-5H3/t15-,17+,18-,20-,22-,24-,25-,26-/m1/s1. The van der Waals surface area contributed by atoms with Gasteiger partial charge in [0.15, 0.2) is 5.78 Å². The molecule has 0 aromatic carbocycles. The molecule has 2 saturated carbocycles. The summed E-state index contributed by atoms with van der Waals surface area (Å²) in [6, 6.07) is 0. The van der Waals surface area contributed by atoms with E-state index in [0.29, 0.717) is 17.6 Å². The molecule has 0 aliphatic heterocycles. The fourth-order valence-electron chi connectivity index (χ4n) is 7.43. The van der Waals surface area contributed by atoms with E-state index in [9.17, 15) is 30.0 Å². The van der Waals surface area contributed by atoms with Gasteiger partial charge in [-0.25, -0.2) is 0 Å². The van der Waals surface area contributed by atoms with Gasteiger partial charge in [-0.15, -0.1) is 0 Å². The molecule has 0 heterocycles. The minimum Gasteiger partial charge on any atom is -0.455 e. The molecular weight excluding hydrogens is 424 g/mol. The molecule has 7 heteroatoms. The summed E-state index contributed by atoms with van der Waals surface area (Å²) in [7, 11) is 0. The van der Waals surface area contributed by atoms with Crippen LogP contribution in [0.5, 0.6) is 0 Å². The maximum absolute atomic E-state index is 13.0. The fourth-order valence-corrected chi connectivity index (χ4v) is 7.43. The maximum Gasteiger partial charge on any atom is 0.306 e. The smallest absolute Gasteiger partial charge is 0.306 e. The van der Waals surface area contributed by atoms with Crippen LogP contribution in [0.2, 0.25) is 0 Å². The quantitative estimate of drug-likeness (QED) is 0.271. The van der Waals surface area contributed by atoms with Crippen molar-refractivity contribution in [1.82, 2.24) is 0 Å². The number of rotatable bonds is 6. The zero-order valence-electron chi connectivity index (χ0n) is 20.3. The average Bonchev–Trinajstić information content (AvgIpc) is 3.18. The molecule has 0 aromatic rings. The monoisotopic (exact) mass is 462 g/mol. The van der Waals surface area contributed by atoms with Crippen molar-refractivity contribution in [3.8, 4) is 0 Å². The third kappa shape index (κ3) is 3.01. The molecule has 4 N–H and O–H groups in total. The van der Waals surface area contributed by atoms with Crippen LogP contribution in [-0.2, 0) is 14.3 Å². The van der Waals surface area contributed by atoms with Crippen LogP contribution in [0.25, 0.3) is 0 Å². The number of esters is 1.